The molecule has 39 heavy (non-hydrogen) atoms. The maximum atomic E-state index is 4.99. The van der Waals surface area contributed by atoms with Crippen LogP contribution in [0.5, 0.6) is 0 Å². The lowest BCUT2D eigenvalue weighted by atomic mass is 9.78. The quantitative estimate of drug-likeness (QED) is 0.307. The molecule has 2 heterocycles. The zero-order valence-corrected chi connectivity index (χ0v) is 23.5. The molecule has 2 aromatic carbocycles. The molecule has 6 heteroatoms. The first-order valence-electron chi connectivity index (χ1n) is 14.2. The smallest absolute Gasteiger partial charge is 0.151 e. The van der Waals surface area contributed by atoms with E-state index in [9.17, 15) is 0 Å². The Morgan fingerprint density at radius 3 is 2.49 bits per heavy atom. The van der Waals surface area contributed by atoms with E-state index in [0.717, 1.165) is 51.5 Å². The minimum atomic E-state index is 0.639. The molecule has 1 saturated carbocycles. The van der Waals surface area contributed by atoms with Gasteiger partial charge in [0.15, 0.2) is 5.84 Å². The summed E-state index contributed by atoms with van der Waals surface area (Å²) in [5, 5.41) is 4.43. The Hall–Kier alpha value is -3.77. The zero-order chi connectivity index (χ0) is 27.2. The summed E-state index contributed by atoms with van der Waals surface area (Å²) in [6.07, 6.45) is 8.99. The predicted molar refractivity (Wildman–Crippen MR) is 165 cm³/mol. The van der Waals surface area contributed by atoms with E-state index >= 15 is 0 Å². The van der Waals surface area contributed by atoms with Crippen molar-refractivity contribution in [1.82, 2.24) is 20.1 Å². The zero-order valence-electron chi connectivity index (χ0n) is 23.5. The number of nitrogens with one attached hydrogen (secondary N) is 1. The molecule has 1 aliphatic heterocycles. The van der Waals surface area contributed by atoms with Crippen LogP contribution in [0.1, 0.15) is 45.1 Å². The van der Waals surface area contributed by atoms with Crippen molar-refractivity contribution in [1.29, 1.82) is 0 Å². The SMILES string of the molecule is C=N/C(=C1/C(=NC)NC=CN1CC1CC(N(CCC)CCC)C1)c1ccc2ccc(-c3ccccc3)nc2c1. The van der Waals surface area contributed by atoms with Gasteiger partial charge in [-0.25, -0.2) is 4.98 Å². The van der Waals surface area contributed by atoms with Crippen molar-refractivity contribution in [2.75, 3.05) is 26.7 Å². The van der Waals surface area contributed by atoms with E-state index in [-0.39, 0.29) is 0 Å². The normalized spacial score (nSPS) is 21.2. The van der Waals surface area contributed by atoms with Crippen molar-refractivity contribution >= 4 is 29.2 Å². The van der Waals surface area contributed by atoms with Gasteiger partial charge in [0.1, 0.15) is 5.70 Å². The van der Waals surface area contributed by atoms with Crippen LogP contribution in [0.15, 0.2) is 88.7 Å². The molecule has 1 aliphatic carbocycles. The Kier molecular flexibility index (Phi) is 8.52. The fraction of sp³-hybridized carbons (Fsp3) is 0.364. The topological polar surface area (TPSA) is 56.1 Å². The first-order chi connectivity index (χ1) is 19.1. The average Bonchev–Trinajstić information content (AvgIpc) is 2.95. The molecule has 1 aromatic heterocycles. The molecule has 2 aliphatic rings. The monoisotopic (exact) mass is 520 g/mol. The van der Waals surface area contributed by atoms with Crippen LogP contribution in [0.2, 0.25) is 0 Å². The van der Waals surface area contributed by atoms with E-state index in [2.05, 4.69) is 94.3 Å². The molecule has 0 spiro atoms. The summed E-state index contributed by atoms with van der Waals surface area (Å²) in [4.78, 5) is 19.1. The van der Waals surface area contributed by atoms with Crippen LogP contribution < -0.4 is 5.32 Å². The van der Waals surface area contributed by atoms with E-state index in [0.29, 0.717) is 12.0 Å². The fourth-order valence-electron chi connectivity index (χ4n) is 5.87. The highest BCUT2D eigenvalue weighted by atomic mass is 15.2. The molecule has 0 atom stereocenters. The Morgan fingerprint density at radius 1 is 1.05 bits per heavy atom. The molecule has 0 bridgehead atoms. The first-order valence-corrected chi connectivity index (χ1v) is 14.2. The molecule has 6 nitrogen and oxygen atoms in total. The number of aromatic nitrogens is 1. The third kappa shape index (κ3) is 5.81. The van der Waals surface area contributed by atoms with Crippen LogP contribution in [0.4, 0.5) is 0 Å². The van der Waals surface area contributed by atoms with Crippen LogP contribution in [-0.2, 0) is 0 Å². The van der Waals surface area contributed by atoms with Gasteiger partial charge in [-0.15, -0.1) is 0 Å². The fourth-order valence-corrected chi connectivity index (χ4v) is 5.87. The molecule has 3 aromatic rings. The van der Waals surface area contributed by atoms with Crippen LogP contribution in [-0.4, -0.2) is 60.1 Å². The summed E-state index contributed by atoms with van der Waals surface area (Å²) < 4.78 is 0. The Balaban J connectivity index is 1.44. The van der Waals surface area contributed by atoms with Crippen molar-refractivity contribution in [3.63, 3.8) is 0 Å². The number of nitrogens with zero attached hydrogens (tertiary/aromatic N) is 5. The maximum absolute atomic E-state index is 4.99. The number of pyridine rings is 1. The predicted octanol–water partition coefficient (Wildman–Crippen LogP) is 6.58. The number of rotatable bonds is 10. The number of benzene rings is 2. The van der Waals surface area contributed by atoms with Gasteiger partial charge in [0.2, 0.25) is 0 Å². The van der Waals surface area contributed by atoms with Crippen molar-refractivity contribution < 1.29 is 0 Å². The third-order valence-electron chi connectivity index (χ3n) is 7.83. The van der Waals surface area contributed by atoms with Gasteiger partial charge >= 0.3 is 0 Å². The van der Waals surface area contributed by atoms with Gasteiger partial charge in [0.05, 0.1) is 16.9 Å². The summed E-state index contributed by atoms with van der Waals surface area (Å²) >= 11 is 0. The maximum Gasteiger partial charge on any atom is 0.151 e. The second-order valence-corrected chi connectivity index (χ2v) is 10.5. The highest BCUT2D eigenvalue weighted by Gasteiger charge is 2.35. The van der Waals surface area contributed by atoms with Gasteiger partial charge < -0.3 is 15.1 Å². The van der Waals surface area contributed by atoms with Crippen LogP contribution >= 0.6 is 0 Å². The minimum absolute atomic E-state index is 0.639. The average molecular weight is 521 g/mol. The van der Waals surface area contributed by atoms with E-state index in [1.165, 1.54) is 38.8 Å². The lowest BCUT2D eigenvalue weighted by Crippen LogP contribution is -2.49. The largest absolute Gasteiger partial charge is 0.344 e. The van der Waals surface area contributed by atoms with E-state index in [1.807, 2.05) is 31.4 Å². The van der Waals surface area contributed by atoms with Gasteiger partial charge in [-0.2, -0.15) is 0 Å². The van der Waals surface area contributed by atoms with Crippen LogP contribution in [0.25, 0.3) is 27.9 Å². The van der Waals surface area contributed by atoms with Gasteiger partial charge in [0.25, 0.3) is 0 Å². The van der Waals surface area contributed by atoms with Crippen molar-refractivity contribution in [2.24, 2.45) is 15.9 Å². The molecule has 0 radical (unpaired) electrons. The van der Waals surface area contributed by atoms with Gasteiger partial charge in [-0.3, -0.25) is 9.98 Å². The summed E-state index contributed by atoms with van der Waals surface area (Å²) in [5.41, 5.74) is 5.77. The lowest BCUT2D eigenvalue weighted by molar-refractivity contribution is 0.0682. The van der Waals surface area contributed by atoms with E-state index < -0.39 is 0 Å². The van der Waals surface area contributed by atoms with Gasteiger partial charge in [-0.05, 0) is 63.5 Å². The van der Waals surface area contributed by atoms with Crippen molar-refractivity contribution in [2.45, 2.75) is 45.6 Å². The number of amidine groups is 1. The molecule has 0 saturated heterocycles. The number of hydrogen-bond acceptors (Lipinski definition) is 5. The summed E-state index contributed by atoms with van der Waals surface area (Å²) in [6, 6.07) is 21.6. The molecule has 202 valence electrons. The second kappa shape index (κ2) is 12.4. The molecule has 5 rings (SSSR count). The third-order valence-corrected chi connectivity index (χ3v) is 7.83. The lowest BCUT2D eigenvalue weighted by Gasteiger charge is -2.45. The molecular formula is C33H40N6. The van der Waals surface area contributed by atoms with Gasteiger partial charge in [-0.1, -0.05) is 62.4 Å². The Bertz CT molecular complexity index is 1380. The molecule has 0 unspecified atom stereocenters. The van der Waals surface area contributed by atoms with Gasteiger partial charge in [0, 0.05) is 48.5 Å². The number of fused-ring (bicyclic) bond motifs is 1. The first kappa shape index (κ1) is 26.8. The summed E-state index contributed by atoms with van der Waals surface area (Å²) in [7, 11) is 1.82. The highest BCUT2D eigenvalue weighted by molar-refractivity contribution is 6.06. The van der Waals surface area contributed by atoms with E-state index in [1.54, 1.807) is 0 Å². The van der Waals surface area contributed by atoms with Crippen molar-refractivity contribution in [3.8, 4) is 11.3 Å². The van der Waals surface area contributed by atoms with Crippen molar-refractivity contribution in [3.05, 3.63) is 84.3 Å². The molecular weight excluding hydrogens is 480 g/mol. The molecule has 1 fully saturated rings. The highest BCUT2D eigenvalue weighted by Crippen LogP contribution is 2.35. The number of aliphatic imine (C=N–C) groups is 2. The standard InChI is InChI=1S/C33H40N6/c1-5-17-38(18-6-2)28-20-24(21-28)23-39-19-16-36-33(35-4)32(39)31(34-3)27-13-12-26-14-15-29(37-30(26)22-27)25-10-8-7-9-11-25/h7-16,19,22,24,28H,3,5-6,17-18,20-21,23H2,1-2,4H3,(H,35,36)/b32-31-. The summed E-state index contributed by atoms with van der Waals surface area (Å²) in [5.74, 6) is 1.44. The Morgan fingerprint density at radius 2 is 1.79 bits per heavy atom. The van der Waals surface area contributed by atoms with Crippen LogP contribution in [0.3, 0.4) is 0 Å². The van der Waals surface area contributed by atoms with Crippen LogP contribution in [0, 0.1) is 5.92 Å². The molecule has 0 amide bonds. The minimum Gasteiger partial charge on any atom is -0.344 e. The Labute approximate surface area is 232 Å². The molecule has 1 N–H and O–H groups in total. The number of hydrogen-bond donors (Lipinski definition) is 1. The second-order valence-electron chi connectivity index (χ2n) is 10.5. The van der Waals surface area contributed by atoms with E-state index in [4.69, 9.17) is 4.98 Å². The summed E-state index contributed by atoms with van der Waals surface area (Å²) in [6.45, 7) is 11.9.